The van der Waals surface area contributed by atoms with Crippen molar-refractivity contribution in [1.29, 1.82) is 0 Å². The Kier molecular flexibility index (Phi) is 4.66. The van der Waals surface area contributed by atoms with Gasteiger partial charge in [0.25, 0.3) is 5.91 Å². The van der Waals surface area contributed by atoms with Gasteiger partial charge in [-0.25, -0.2) is 4.98 Å². The predicted octanol–water partition coefficient (Wildman–Crippen LogP) is 1.75. The first kappa shape index (κ1) is 16.3. The highest BCUT2D eigenvalue weighted by molar-refractivity contribution is 5.94. The van der Waals surface area contributed by atoms with E-state index < -0.39 is 5.60 Å². The van der Waals surface area contributed by atoms with E-state index in [0.29, 0.717) is 30.2 Å². The van der Waals surface area contributed by atoms with Crippen LogP contribution in [0.5, 0.6) is 11.6 Å². The number of likely N-dealkylation sites (tertiary alicyclic amines) is 1. The third kappa shape index (κ3) is 3.65. The Morgan fingerprint density at radius 3 is 2.88 bits per heavy atom. The quantitative estimate of drug-likeness (QED) is 0.905. The molecule has 2 aromatic rings. The highest BCUT2D eigenvalue weighted by Crippen LogP contribution is 2.25. The Balaban J connectivity index is 1.62. The minimum atomic E-state index is -1.04. The van der Waals surface area contributed by atoms with Gasteiger partial charge in [0.1, 0.15) is 18.0 Å². The van der Waals surface area contributed by atoms with Crippen LogP contribution in [-0.2, 0) is 0 Å². The first-order valence-electron chi connectivity index (χ1n) is 7.79. The summed E-state index contributed by atoms with van der Waals surface area (Å²) in [6.45, 7) is 0.877. The van der Waals surface area contributed by atoms with Gasteiger partial charge >= 0.3 is 0 Å². The van der Waals surface area contributed by atoms with Crippen molar-refractivity contribution in [3.05, 3.63) is 54.2 Å². The minimum Gasteiger partial charge on any atom is -0.491 e. The molecule has 6 nitrogen and oxygen atoms in total. The van der Waals surface area contributed by atoms with Crippen LogP contribution in [0.4, 0.5) is 0 Å². The maximum atomic E-state index is 12.6. The van der Waals surface area contributed by atoms with Gasteiger partial charge < -0.3 is 19.5 Å². The lowest BCUT2D eigenvalue weighted by molar-refractivity contribution is 0.00430. The van der Waals surface area contributed by atoms with Gasteiger partial charge in [0.05, 0.1) is 13.7 Å². The number of ether oxygens (including phenoxy) is 2. The van der Waals surface area contributed by atoms with Crippen molar-refractivity contribution in [3.63, 3.8) is 0 Å². The van der Waals surface area contributed by atoms with E-state index >= 15 is 0 Å². The lowest BCUT2D eigenvalue weighted by Crippen LogP contribution is -2.40. The van der Waals surface area contributed by atoms with E-state index in [2.05, 4.69) is 4.98 Å². The topological polar surface area (TPSA) is 71.9 Å². The van der Waals surface area contributed by atoms with E-state index in [1.165, 1.54) is 13.3 Å². The Bertz CT molecular complexity index is 707. The molecule has 1 aliphatic heterocycles. The molecule has 1 N–H and O–H groups in total. The Hall–Kier alpha value is -2.60. The van der Waals surface area contributed by atoms with Gasteiger partial charge in [-0.05, 0) is 24.6 Å². The fourth-order valence-electron chi connectivity index (χ4n) is 2.72. The number of aromatic nitrogens is 1. The van der Waals surface area contributed by atoms with Crippen molar-refractivity contribution in [3.8, 4) is 11.6 Å². The third-order valence-corrected chi connectivity index (χ3v) is 4.06. The average molecular weight is 328 g/mol. The van der Waals surface area contributed by atoms with E-state index in [9.17, 15) is 9.90 Å². The number of para-hydroxylation sites is 1. The second kappa shape index (κ2) is 6.88. The Morgan fingerprint density at radius 1 is 1.33 bits per heavy atom. The molecule has 0 radical (unpaired) electrons. The first-order valence-corrected chi connectivity index (χ1v) is 7.79. The zero-order valence-corrected chi connectivity index (χ0v) is 13.5. The van der Waals surface area contributed by atoms with Gasteiger partial charge in [0, 0.05) is 24.4 Å². The first-order chi connectivity index (χ1) is 11.6. The molecule has 2 heterocycles. The summed E-state index contributed by atoms with van der Waals surface area (Å²) in [7, 11) is 1.51. The van der Waals surface area contributed by atoms with Crippen molar-refractivity contribution in [2.45, 2.75) is 12.0 Å². The summed E-state index contributed by atoms with van der Waals surface area (Å²) in [6, 6.07) is 12.6. The molecule has 0 bridgehead atoms. The smallest absolute Gasteiger partial charge is 0.254 e. The van der Waals surface area contributed by atoms with E-state index in [4.69, 9.17) is 9.47 Å². The molecule has 1 aliphatic rings. The molecular weight excluding hydrogens is 308 g/mol. The van der Waals surface area contributed by atoms with Crippen LogP contribution in [-0.4, -0.2) is 53.3 Å². The Morgan fingerprint density at radius 2 is 2.12 bits per heavy atom. The lowest BCUT2D eigenvalue weighted by Gasteiger charge is -2.23. The van der Waals surface area contributed by atoms with Gasteiger partial charge in [-0.15, -0.1) is 0 Å². The van der Waals surface area contributed by atoms with E-state index in [-0.39, 0.29) is 19.1 Å². The summed E-state index contributed by atoms with van der Waals surface area (Å²) in [5, 5.41) is 10.7. The molecule has 0 spiro atoms. The molecule has 3 rings (SSSR count). The van der Waals surface area contributed by atoms with Crippen LogP contribution < -0.4 is 9.47 Å². The van der Waals surface area contributed by atoms with Crippen molar-refractivity contribution in [2.24, 2.45) is 0 Å². The predicted molar refractivity (Wildman–Crippen MR) is 88.2 cm³/mol. The second-order valence-electron chi connectivity index (χ2n) is 5.89. The number of hydrogen-bond donors (Lipinski definition) is 1. The van der Waals surface area contributed by atoms with Crippen molar-refractivity contribution in [2.75, 3.05) is 26.8 Å². The number of nitrogens with zero attached hydrogens (tertiary/aromatic N) is 2. The van der Waals surface area contributed by atoms with Crippen LogP contribution >= 0.6 is 0 Å². The Labute approximate surface area is 140 Å². The van der Waals surface area contributed by atoms with E-state index in [1.807, 2.05) is 30.3 Å². The van der Waals surface area contributed by atoms with Crippen LogP contribution in [0.2, 0.25) is 0 Å². The summed E-state index contributed by atoms with van der Waals surface area (Å²) < 4.78 is 10.7. The second-order valence-corrected chi connectivity index (χ2v) is 5.89. The fourth-order valence-corrected chi connectivity index (χ4v) is 2.72. The van der Waals surface area contributed by atoms with Gasteiger partial charge in [-0.2, -0.15) is 0 Å². The minimum absolute atomic E-state index is 0.147. The molecule has 1 saturated heterocycles. The molecule has 1 aromatic heterocycles. The molecule has 1 aromatic carbocycles. The number of carbonyl (C=O) groups is 1. The molecule has 0 aliphatic carbocycles. The van der Waals surface area contributed by atoms with Gasteiger partial charge in [-0.1, -0.05) is 18.2 Å². The van der Waals surface area contributed by atoms with Gasteiger partial charge in [-0.3, -0.25) is 4.79 Å². The monoisotopic (exact) mass is 328 g/mol. The average Bonchev–Trinajstić information content (AvgIpc) is 3.03. The van der Waals surface area contributed by atoms with Gasteiger partial charge in [0.15, 0.2) is 0 Å². The largest absolute Gasteiger partial charge is 0.491 e. The van der Waals surface area contributed by atoms with Crippen LogP contribution in [0.25, 0.3) is 0 Å². The summed E-state index contributed by atoms with van der Waals surface area (Å²) in [4.78, 5) is 18.2. The molecule has 24 heavy (non-hydrogen) atoms. The number of carbonyl (C=O) groups excluding carboxylic acids is 1. The number of pyridine rings is 1. The standard InChI is InChI=1S/C18H20N2O4/c1-23-16-11-14(7-9-19-16)17(21)20-10-8-18(22,12-20)13-24-15-5-3-2-4-6-15/h2-7,9,11,22H,8,10,12-13H2,1H3/t18-/m1/s1. The van der Waals surface area contributed by atoms with Gasteiger partial charge in [0.2, 0.25) is 5.88 Å². The van der Waals surface area contributed by atoms with E-state index in [0.717, 1.165) is 0 Å². The molecule has 0 unspecified atom stereocenters. The highest BCUT2D eigenvalue weighted by atomic mass is 16.5. The van der Waals surface area contributed by atoms with Crippen LogP contribution in [0.15, 0.2) is 48.7 Å². The number of β-amino-alcohol motifs (C(OH)–C–C–N with tert-alkyl or cyclic N) is 1. The zero-order valence-electron chi connectivity index (χ0n) is 13.5. The SMILES string of the molecule is COc1cc(C(=O)N2CC[C@](O)(COc3ccccc3)C2)ccn1. The van der Waals surface area contributed by atoms with Crippen LogP contribution in [0.1, 0.15) is 16.8 Å². The molecule has 126 valence electrons. The summed E-state index contributed by atoms with van der Waals surface area (Å²) in [5.74, 6) is 0.948. The molecule has 1 fully saturated rings. The zero-order chi connectivity index (χ0) is 17.0. The van der Waals surface area contributed by atoms with Crippen LogP contribution in [0, 0.1) is 0 Å². The maximum absolute atomic E-state index is 12.6. The number of rotatable bonds is 5. The van der Waals surface area contributed by atoms with Crippen LogP contribution in [0.3, 0.4) is 0 Å². The third-order valence-electron chi connectivity index (χ3n) is 4.06. The number of methoxy groups -OCH3 is 1. The van der Waals surface area contributed by atoms with Crippen molar-refractivity contribution >= 4 is 5.91 Å². The van der Waals surface area contributed by atoms with Crippen molar-refractivity contribution < 1.29 is 19.4 Å². The molecular formula is C18H20N2O4. The summed E-state index contributed by atoms with van der Waals surface area (Å²) in [6.07, 6.45) is 2.01. The van der Waals surface area contributed by atoms with E-state index in [1.54, 1.807) is 17.0 Å². The summed E-state index contributed by atoms with van der Waals surface area (Å²) >= 11 is 0. The number of amides is 1. The van der Waals surface area contributed by atoms with Crippen molar-refractivity contribution in [1.82, 2.24) is 9.88 Å². The molecule has 1 amide bonds. The maximum Gasteiger partial charge on any atom is 0.254 e. The highest BCUT2D eigenvalue weighted by Gasteiger charge is 2.39. The number of benzene rings is 1. The molecule has 1 atom stereocenters. The lowest BCUT2D eigenvalue weighted by atomic mass is 10.1. The summed E-state index contributed by atoms with van der Waals surface area (Å²) in [5.41, 5.74) is -0.544. The molecule has 6 heteroatoms. The number of aliphatic hydroxyl groups is 1. The normalized spacial score (nSPS) is 20.0. The fraction of sp³-hybridized carbons (Fsp3) is 0.333. The number of hydrogen-bond acceptors (Lipinski definition) is 5. The molecule has 0 saturated carbocycles.